The van der Waals surface area contributed by atoms with Gasteiger partial charge in [-0.2, -0.15) is 0 Å². The molecule has 0 saturated heterocycles. The van der Waals surface area contributed by atoms with Crippen LogP contribution < -0.4 is 10.1 Å². The van der Waals surface area contributed by atoms with E-state index in [1.165, 1.54) is 0 Å². The number of aromatic nitrogens is 4. The first-order chi connectivity index (χ1) is 16.1. The molecule has 168 valence electrons. The van der Waals surface area contributed by atoms with E-state index < -0.39 is 5.91 Å². The first-order valence-electron chi connectivity index (χ1n) is 10.3. The molecule has 1 amide bonds. The lowest BCUT2D eigenvalue weighted by molar-refractivity contribution is 0.101. The summed E-state index contributed by atoms with van der Waals surface area (Å²) in [5.74, 6) is 1.31. The maximum absolute atomic E-state index is 12.7. The number of pyridine rings is 1. The van der Waals surface area contributed by atoms with Crippen molar-refractivity contribution in [2.45, 2.75) is 6.42 Å². The van der Waals surface area contributed by atoms with Gasteiger partial charge in [-0.05, 0) is 41.5 Å². The van der Waals surface area contributed by atoms with Crippen LogP contribution in [-0.2, 0) is 11.2 Å². The lowest BCUT2D eigenvalue weighted by atomic mass is 10.1. The number of anilines is 1. The van der Waals surface area contributed by atoms with Gasteiger partial charge in [-0.3, -0.25) is 4.79 Å². The largest absolute Gasteiger partial charge is 0.491 e. The van der Waals surface area contributed by atoms with Gasteiger partial charge < -0.3 is 19.8 Å². The second-order valence-corrected chi connectivity index (χ2v) is 7.56. The van der Waals surface area contributed by atoms with Gasteiger partial charge in [0, 0.05) is 30.3 Å². The van der Waals surface area contributed by atoms with E-state index in [-0.39, 0.29) is 5.82 Å². The van der Waals surface area contributed by atoms with Crippen molar-refractivity contribution in [1.29, 1.82) is 0 Å². The third-order valence-electron chi connectivity index (χ3n) is 4.77. The Hall–Kier alpha value is -3.75. The summed E-state index contributed by atoms with van der Waals surface area (Å²) >= 11 is 6.40. The summed E-state index contributed by atoms with van der Waals surface area (Å²) in [6, 6.07) is 18.8. The van der Waals surface area contributed by atoms with Crippen molar-refractivity contribution in [1.82, 2.24) is 20.2 Å². The Labute approximate surface area is 196 Å². The van der Waals surface area contributed by atoms with Crippen LogP contribution in [0, 0.1) is 0 Å². The number of H-pyrrole nitrogens is 1. The van der Waals surface area contributed by atoms with Crippen molar-refractivity contribution in [2.24, 2.45) is 0 Å². The average Bonchev–Trinajstić information content (AvgIpc) is 3.30. The van der Waals surface area contributed by atoms with Gasteiger partial charge in [-0.1, -0.05) is 41.9 Å². The normalized spacial score (nSPS) is 10.7. The molecule has 2 aromatic carbocycles. The monoisotopic (exact) mass is 463 g/mol. The number of carbonyl (C=O) groups excluding carboxylic acids is 1. The summed E-state index contributed by atoms with van der Waals surface area (Å²) in [6.07, 6.45) is 2.15. The highest BCUT2D eigenvalue weighted by atomic mass is 35.5. The zero-order valence-electron chi connectivity index (χ0n) is 17.9. The summed E-state index contributed by atoms with van der Waals surface area (Å²) in [5, 5.41) is 11.3. The third kappa shape index (κ3) is 5.94. The van der Waals surface area contributed by atoms with Gasteiger partial charge in [0.25, 0.3) is 5.91 Å². The fraction of sp³-hybridized carbons (Fsp3) is 0.167. The van der Waals surface area contributed by atoms with Crippen molar-refractivity contribution < 1.29 is 14.3 Å². The standard InChI is InChI=1S/C24H22ClN5O3/c1-32-11-12-33-18-7-8-20(25)19(15-18)17-9-10-26-21(14-17)28-24(31)23-27-22(29-30-23)13-16-5-3-2-4-6-16/h2-10,14-15H,11-13H2,1H3,(H,26,28,31)(H,27,29,30). The second-order valence-electron chi connectivity index (χ2n) is 7.15. The van der Waals surface area contributed by atoms with Crippen LogP contribution in [0.15, 0.2) is 66.9 Å². The van der Waals surface area contributed by atoms with Crippen LogP contribution in [0.1, 0.15) is 22.0 Å². The number of nitrogens with one attached hydrogen (secondary N) is 2. The van der Waals surface area contributed by atoms with E-state index >= 15 is 0 Å². The maximum Gasteiger partial charge on any atom is 0.294 e. The number of rotatable bonds is 9. The molecular weight excluding hydrogens is 442 g/mol. The molecule has 4 rings (SSSR count). The summed E-state index contributed by atoms with van der Waals surface area (Å²) in [6.45, 7) is 0.913. The topological polar surface area (TPSA) is 102 Å². The third-order valence-corrected chi connectivity index (χ3v) is 5.10. The summed E-state index contributed by atoms with van der Waals surface area (Å²) in [5.41, 5.74) is 2.61. The Morgan fingerprint density at radius 3 is 2.73 bits per heavy atom. The minimum Gasteiger partial charge on any atom is -0.491 e. The first kappa shape index (κ1) is 22.4. The van der Waals surface area contributed by atoms with Crippen LogP contribution in [0.3, 0.4) is 0 Å². The van der Waals surface area contributed by atoms with Gasteiger partial charge >= 0.3 is 0 Å². The summed E-state index contributed by atoms with van der Waals surface area (Å²) in [4.78, 5) is 19.8. The Morgan fingerprint density at radius 2 is 1.91 bits per heavy atom. The molecule has 33 heavy (non-hydrogen) atoms. The van der Waals surface area contributed by atoms with Gasteiger partial charge in [0.2, 0.25) is 5.82 Å². The molecule has 8 nitrogen and oxygen atoms in total. The summed E-state index contributed by atoms with van der Waals surface area (Å²) in [7, 11) is 1.62. The zero-order chi connectivity index (χ0) is 23.0. The highest BCUT2D eigenvalue weighted by Gasteiger charge is 2.14. The number of carbonyl (C=O) groups is 1. The highest BCUT2D eigenvalue weighted by molar-refractivity contribution is 6.33. The predicted octanol–water partition coefficient (Wildman–Crippen LogP) is 4.39. The molecule has 0 aliphatic heterocycles. The van der Waals surface area contributed by atoms with E-state index in [9.17, 15) is 4.79 Å². The van der Waals surface area contributed by atoms with Gasteiger partial charge in [-0.25, -0.2) is 4.98 Å². The van der Waals surface area contributed by atoms with Gasteiger partial charge in [0.05, 0.1) is 6.61 Å². The lowest BCUT2D eigenvalue weighted by Crippen LogP contribution is -2.14. The molecule has 9 heteroatoms. The molecule has 4 aromatic rings. The van der Waals surface area contributed by atoms with Gasteiger partial charge in [-0.15, -0.1) is 10.2 Å². The number of halogens is 1. The molecule has 2 aromatic heterocycles. The van der Waals surface area contributed by atoms with Crippen LogP contribution in [0.2, 0.25) is 5.02 Å². The number of methoxy groups -OCH3 is 1. The second kappa shape index (κ2) is 10.7. The zero-order valence-corrected chi connectivity index (χ0v) is 18.7. The predicted molar refractivity (Wildman–Crippen MR) is 126 cm³/mol. The van der Waals surface area contributed by atoms with E-state index in [4.69, 9.17) is 21.1 Å². The molecule has 0 aliphatic carbocycles. The van der Waals surface area contributed by atoms with E-state index in [1.54, 1.807) is 31.5 Å². The number of aromatic amines is 1. The lowest BCUT2D eigenvalue weighted by Gasteiger charge is -2.11. The van der Waals surface area contributed by atoms with Crippen molar-refractivity contribution in [3.63, 3.8) is 0 Å². The van der Waals surface area contributed by atoms with Crippen LogP contribution in [0.25, 0.3) is 11.1 Å². The molecule has 0 radical (unpaired) electrons. The molecule has 0 saturated carbocycles. The van der Waals surface area contributed by atoms with Crippen LogP contribution in [0.4, 0.5) is 5.82 Å². The summed E-state index contributed by atoms with van der Waals surface area (Å²) < 4.78 is 10.7. The van der Waals surface area contributed by atoms with Crippen LogP contribution in [0.5, 0.6) is 5.75 Å². The van der Waals surface area contributed by atoms with Crippen LogP contribution >= 0.6 is 11.6 Å². The fourth-order valence-corrected chi connectivity index (χ4v) is 3.39. The van der Waals surface area contributed by atoms with Crippen molar-refractivity contribution in [2.75, 3.05) is 25.6 Å². The van der Waals surface area contributed by atoms with E-state index in [1.807, 2.05) is 42.5 Å². The number of benzene rings is 2. The SMILES string of the molecule is COCCOc1ccc(Cl)c(-c2ccnc(NC(=O)c3nnc(Cc4ccccc4)[nH]3)c2)c1. The molecule has 0 unspecified atom stereocenters. The average molecular weight is 464 g/mol. The molecule has 0 aliphatic rings. The highest BCUT2D eigenvalue weighted by Crippen LogP contribution is 2.32. The molecule has 0 fully saturated rings. The fourth-order valence-electron chi connectivity index (χ4n) is 3.17. The number of hydrogen-bond donors (Lipinski definition) is 2. The number of nitrogens with zero attached hydrogens (tertiary/aromatic N) is 3. The number of hydrogen-bond acceptors (Lipinski definition) is 6. The van der Waals surface area contributed by atoms with Crippen molar-refractivity contribution in [3.05, 3.63) is 89.1 Å². The molecule has 2 N–H and O–H groups in total. The molecular formula is C24H22ClN5O3. The quantitative estimate of drug-likeness (QED) is 0.357. The minimum absolute atomic E-state index is 0.111. The maximum atomic E-state index is 12.7. The smallest absolute Gasteiger partial charge is 0.294 e. The molecule has 0 bridgehead atoms. The minimum atomic E-state index is -0.436. The Kier molecular flexibility index (Phi) is 7.29. The van der Waals surface area contributed by atoms with Gasteiger partial charge in [0.15, 0.2) is 0 Å². The molecule has 2 heterocycles. The van der Waals surface area contributed by atoms with Crippen molar-refractivity contribution >= 4 is 23.3 Å². The van der Waals surface area contributed by atoms with Crippen molar-refractivity contribution in [3.8, 4) is 16.9 Å². The number of amides is 1. The molecule has 0 atom stereocenters. The van der Waals surface area contributed by atoms with E-state index in [0.29, 0.717) is 42.0 Å². The Morgan fingerprint density at radius 1 is 1.06 bits per heavy atom. The Bertz CT molecular complexity index is 1230. The van der Waals surface area contributed by atoms with Crippen LogP contribution in [-0.4, -0.2) is 46.4 Å². The van der Waals surface area contributed by atoms with E-state index in [2.05, 4.69) is 25.5 Å². The Balaban J connectivity index is 1.46. The van der Waals surface area contributed by atoms with E-state index in [0.717, 1.165) is 16.7 Å². The first-order valence-corrected chi connectivity index (χ1v) is 10.6. The van der Waals surface area contributed by atoms with Gasteiger partial charge in [0.1, 0.15) is 24.0 Å². The number of ether oxygens (including phenoxy) is 2. The molecule has 0 spiro atoms.